The fraction of sp³-hybridized carbons (Fsp3) is 0.235. The van der Waals surface area contributed by atoms with Gasteiger partial charge in [-0.05, 0) is 48.7 Å². The van der Waals surface area contributed by atoms with Crippen molar-refractivity contribution in [2.24, 2.45) is 5.73 Å². The highest BCUT2D eigenvalue weighted by atomic mass is 19.1. The van der Waals surface area contributed by atoms with Gasteiger partial charge in [-0.2, -0.15) is 0 Å². The molecule has 2 nitrogen and oxygen atoms in total. The lowest BCUT2D eigenvalue weighted by molar-refractivity contribution is 0.0992. The minimum atomic E-state index is -0.311. The van der Waals surface area contributed by atoms with Gasteiger partial charge in [-0.1, -0.05) is 30.3 Å². The molecule has 0 atom stereocenters. The molecule has 0 saturated carbocycles. The molecule has 2 aromatic carbocycles. The van der Waals surface area contributed by atoms with Gasteiger partial charge >= 0.3 is 0 Å². The van der Waals surface area contributed by atoms with Crippen molar-refractivity contribution in [3.05, 3.63) is 70.5 Å². The van der Waals surface area contributed by atoms with E-state index >= 15 is 0 Å². The molecule has 2 N–H and O–H groups in total. The van der Waals surface area contributed by atoms with E-state index in [0.29, 0.717) is 18.5 Å². The highest BCUT2D eigenvalue weighted by Crippen LogP contribution is 2.16. The monoisotopic (exact) mass is 271 g/mol. The number of carbonyl (C=O) groups is 1. The molecule has 104 valence electrons. The minimum absolute atomic E-state index is 0.00255. The summed E-state index contributed by atoms with van der Waals surface area (Å²) in [4.78, 5) is 12.4. The second kappa shape index (κ2) is 6.44. The molecule has 20 heavy (non-hydrogen) atoms. The lowest BCUT2D eigenvalue weighted by atomic mass is 9.95. The molecule has 0 aliphatic heterocycles. The van der Waals surface area contributed by atoms with E-state index < -0.39 is 0 Å². The number of carbonyl (C=O) groups excluding carboxylic acids is 1. The molecule has 0 aromatic heterocycles. The van der Waals surface area contributed by atoms with Gasteiger partial charge in [0, 0.05) is 12.0 Å². The van der Waals surface area contributed by atoms with Gasteiger partial charge < -0.3 is 5.73 Å². The maximum Gasteiger partial charge on any atom is 0.167 e. The van der Waals surface area contributed by atoms with Gasteiger partial charge in [-0.3, -0.25) is 4.79 Å². The third kappa shape index (κ3) is 3.31. The highest BCUT2D eigenvalue weighted by Gasteiger charge is 2.13. The second-order valence-corrected chi connectivity index (χ2v) is 4.87. The molecule has 0 aliphatic carbocycles. The van der Waals surface area contributed by atoms with Crippen LogP contribution in [0.15, 0.2) is 42.5 Å². The van der Waals surface area contributed by atoms with Gasteiger partial charge in [0.15, 0.2) is 5.78 Å². The first-order valence-electron chi connectivity index (χ1n) is 6.68. The second-order valence-electron chi connectivity index (χ2n) is 4.87. The van der Waals surface area contributed by atoms with E-state index in [4.69, 9.17) is 5.73 Å². The Bertz CT molecular complexity index is 622. The number of ketones is 1. The van der Waals surface area contributed by atoms with Crippen molar-refractivity contribution in [3.8, 4) is 0 Å². The Hall–Kier alpha value is -2.00. The van der Waals surface area contributed by atoms with Crippen molar-refractivity contribution in [1.82, 2.24) is 0 Å². The molecular formula is C17H18FNO. The van der Waals surface area contributed by atoms with Gasteiger partial charge in [0.05, 0.1) is 0 Å². The van der Waals surface area contributed by atoms with E-state index in [2.05, 4.69) is 0 Å². The van der Waals surface area contributed by atoms with Crippen LogP contribution in [0.4, 0.5) is 4.39 Å². The Kier molecular flexibility index (Phi) is 4.64. The summed E-state index contributed by atoms with van der Waals surface area (Å²) >= 11 is 0. The predicted octanol–water partition coefficient (Wildman–Crippen LogP) is 3.06. The number of aryl methyl sites for hydroxylation is 1. The molecule has 0 heterocycles. The molecule has 3 heteroatoms. The van der Waals surface area contributed by atoms with Crippen LogP contribution in [0, 0.1) is 12.7 Å². The van der Waals surface area contributed by atoms with Gasteiger partial charge in [0.1, 0.15) is 5.82 Å². The van der Waals surface area contributed by atoms with Crippen molar-refractivity contribution in [2.75, 3.05) is 6.54 Å². The number of halogens is 1. The van der Waals surface area contributed by atoms with E-state index in [9.17, 15) is 9.18 Å². The van der Waals surface area contributed by atoms with Crippen LogP contribution in [0.3, 0.4) is 0 Å². The van der Waals surface area contributed by atoms with Crippen molar-refractivity contribution < 1.29 is 9.18 Å². The van der Waals surface area contributed by atoms with Crippen molar-refractivity contribution >= 4 is 5.78 Å². The summed E-state index contributed by atoms with van der Waals surface area (Å²) in [5.74, 6) is -0.309. The first kappa shape index (κ1) is 14.4. The number of hydrogen-bond acceptors (Lipinski definition) is 2. The van der Waals surface area contributed by atoms with Crippen molar-refractivity contribution in [2.45, 2.75) is 19.8 Å². The average molecular weight is 271 g/mol. The lowest BCUT2D eigenvalue weighted by Crippen LogP contribution is -2.11. The normalized spacial score (nSPS) is 10.6. The summed E-state index contributed by atoms with van der Waals surface area (Å²) in [5.41, 5.74) is 8.86. The van der Waals surface area contributed by atoms with E-state index in [1.807, 2.05) is 31.2 Å². The van der Waals surface area contributed by atoms with Gasteiger partial charge in [0.25, 0.3) is 0 Å². The SMILES string of the molecule is Cc1ccc(F)cc1CC(=O)c1ccccc1CCN. The van der Waals surface area contributed by atoms with E-state index in [1.165, 1.54) is 12.1 Å². The summed E-state index contributed by atoms with van der Waals surface area (Å²) < 4.78 is 13.3. The van der Waals surface area contributed by atoms with Gasteiger partial charge in [-0.25, -0.2) is 4.39 Å². The van der Waals surface area contributed by atoms with Crippen LogP contribution in [0.2, 0.25) is 0 Å². The van der Waals surface area contributed by atoms with E-state index in [1.54, 1.807) is 6.07 Å². The van der Waals surface area contributed by atoms with Crippen molar-refractivity contribution in [3.63, 3.8) is 0 Å². The molecule has 2 aromatic rings. The fourth-order valence-electron chi connectivity index (χ4n) is 2.26. The Morgan fingerprint density at radius 2 is 1.90 bits per heavy atom. The molecule has 0 fully saturated rings. The smallest absolute Gasteiger partial charge is 0.167 e. The Labute approximate surface area is 118 Å². The van der Waals surface area contributed by atoms with Crippen LogP contribution in [-0.2, 0) is 12.8 Å². The quantitative estimate of drug-likeness (QED) is 0.849. The van der Waals surface area contributed by atoms with Crippen LogP contribution < -0.4 is 5.73 Å². The number of benzene rings is 2. The van der Waals surface area contributed by atoms with Crippen LogP contribution in [-0.4, -0.2) is 12.3 Å². The zero-order valence-electron chi connectivity index (χ0n) is 11.5. The maximum atomic E-state index is 13.3. The molecule has 0 radical (unpaired) electrons. The molecule has 0 spiro atoms. The summed E-state index contributed by atoms with van der Waals surface area (Å²) in [6, 6.07) is 12.0. The fourth-order valence-corrected chi connectivity index (χ4v) is 2.26. The summed E-state index contributed by atoms with van der Waals surface area (Å²) in [6.45, 7) is 2.39. The molecular weight excluding hydrogens is 253 g/mol. The Morgan fingerprint density at radius 3 is 2.65 bits per heavy atom. The largest absolute Gasteiger partial charge is 0.330 e. The summed E-state index contributed by atoms with van der Waals surface area (Å²) in [6.07, 6.45) is 0.884. The molecule has 0 amide bonds. The number of nitrogens with two attached hydrogens (primary N) is 1. The van der Waals surface area contributed by atoms with E-state index in [0.717, 1.165) is 16.7 Å². The zero-order valence-corrected chi connectivity index (χ0v) is 11.5. The molecule has 2 rings (SSSR count). The first-order valence-corrected chi connectivity index (χ1v) is 6.68. The number of hydrogen-bond donors (Lipinski definition) is 1. The van der Waals surface area contributed by atoms with Gasteiger partial charge in [0.2, 0.25) is 0 Å². The maximum absolute atomic E-state index is 13.3. The van der Waals surface area contributed by atoms with Gasteiger partial charge in [-0.15, -0.1) is 0 Å². The third-order valence-electron chi connectivity index (χ3n) is 3.39. The van der Waals surface area contributed by atoms with E-state index in [-0.39, 0.29) is 18.0 Å². The van der Waals surface area contributed by atoms with Crippen LogP contribution in [0.5, 0.6) is 0 Å². The van der Waals surface area contributed by atoms with Crippen molar-refractivity contribution in [1.29, 1.82) is 0 Å². The zero-order chi connectivity index (χ0) is 14.5. The Morgan fingerprint density at radius 1 is 1.15 bits per heavy atom. The molecule has 0 saturated heterocycles. The summed E-state index contributed by atoms with van der Waals surface area (Å²) in [7, 11) is 0. The Balaban J connectivity index is 2.26. The average Bonchev–Trinajstić information content (AvgIpc) is 2.44. The lowest BCUT2D eigenvalue weighted by Gasteiger charge is -2.09. The third-order valence-corrected chi connectivity index (χ3v) is 3.39. The predicted molar refractivity (Wildman–Crippen MR) is 78.4 cm³/mol. The summed E-state index contributed by atoms with van der Waals surface area (Å²) in [5, 5.41) is 0. The van der Waals surface area contributed by atoms with Crippen LogP contribution >= 0.6 is 0 Å². The standard InChI is InChI=1S/C17H18FNO/c1-12-6-7-15(18)10-14(12)11-17(20)16-5-3-2-4-13(16)8-9-19/h2-7,10H,8-9,11,19H2,1H3. The molecule has 0 unspecified atom stereocenters. The molecule has 0 aliphatic rings. The minimum Gasteiger partial charge on any atom is -0.330 e. The first-order chi connectivity index (χ1) is 9.61. The number of rotatable bonds is 5. The highest BCUT2D eigenvalue weighted by molar-refractivity contribution is 5.99. The van der Waals surface area contributed by atoms with Crippen LogP contribution in [0.1, 0.15) is 27.0 Å². The molecule has 0 bridgehead atoms. The number of Topliss-reactive ketones (excluding diaryl/α,β-unsaturated/α-hetero) is 1. The van der Waals surface area contributed by atoms with Crippen LogP contribution in [0.25, 0.3) is 0 Å². The topological polar surface area (TPSA) is 43.1 Å².